The van der Waals surface area contributed by atoms with E-state index < -0.39 is 0 Å². The van der Waals surface area contributed by atoms with E-state index in [0.717, 1.165) is 17.7 Å². The summed E-state index contributed by atoms with van der Waals surface area (Å²) in [4.78, 5) is 23.4. The van der Waals surface area contributed by atoms with Gasteiger partial charge in [0.2, 0.25) is 11.8 Å². The van der Waals surface area contributed by atoms with E-state index in [1.807, 2.05) is 52.0 Å². The van der Waals surface area contributed by atoms with Gasteiger partial charge in [-0.25, -0.2) is 0 Å². The van der Waals surface area contributed by atoms with Crippen molar-refractivity contribution in [3.8, 4) is 0 Å². The van der Waals surface area contributed by atoms with E-state index in [4.69, 9.17) is 0 Å². The molecule has 4 nitrogen and oxygen atoms in total. The van der Waals surface area contributed by atoms with Crippen molar-refractivity contribution in [1.29, 1.82) is 0 Å². The summed E-state index contributed by atoms with van der Waals surface area (Å²) >= 11 is 0. The van der Waals surface area contributed by atoms with Gasteiger partial charge in [0.15, 0.2) is 0 Å². The molecule has 1 aromatic carbocycles. The number of benzene rings is 1. The number of hydrogen-bond donors (Lipinski definition) is 2. The summed E-state index contributed by atoms with van der Waals surface area (Å²) < 4.78 is 0. The molecule has 0 heterocycles. The first kappa shape index (κ1) is 16.2. The third kappa shape index (κ3) is 5.03. The van der Waals surface area contributed by atoms with E-state index in [0.29, 0.717) is 6.54 Å². The number of carbonyl (C=O) groups excluding carboxylic acids is 2. The van der Waals surface area contributed by atoms with Gasteiger partial charge in [0, 0.05) is 24.1 Å². The molecule has 2 N–H and O–H groups in total. The van der Waals surface area contributed by atoms with Crippen molar-refractivity contribution in [2.45, 2.75) is 40.7 Å². The second kappa shape index (κ2) is 7.68. The van der Waals surface area contributed by atoms with Crippen LogP contribution in [0.2, 0.25) is 0 Å². The zero-order chi connectivity index (χ0) is 15.1. The van der Waals surface area contributed by atoms with Gasteiger partial charge in [-0.15, -0.1) is 0 Å². The van der Waals surface area contributed by atoms with Crippen molar-refractivity contribution in [2.75, 3.05) is 5.32 Å². The zero-order valence-electron chi connectivity index (χ0n) is 12.7. The number of rotatable bonds is 6. The summed E-state index contributed by atoms with van der Waals surface area (Å²) in [5.74, 6) is 0.0255. The number of amides is 2. The van der Waals surface area contributed by atoms with Crippen molar-refractivity contribution >= 4 is 17.5 Å². The van der Waals surface area contributed by atoms with Crippen LogP contribution >= 0.6 is 0 Å². The van der Waals surface area contributed by atoms with Gasteiger partial charge in [0.1, 0.15) is 0 Å². The molecular formula is C16H24N2O2. The van der Waals surface area contributed by atoms with E-state index in [-0.39, 0.29) is 23.7 Å². The Kier molecular flexibility index (Phi) is 6.22. The van der Waals surface area contributed by atoms with Crippen LogP contribution in [-0.4, -0.2) is 11.8 Å². The summed E-state index contributed by atoms with van der Waals surface area (Å²) in [7, 11) is 0. The Morgan fingerprint density at radius 3 is 2.45 bits per heavy atom. The minimum atomic E-state index is -0.0247. The molecule has 1 rings (SSSR count). The van der Waals surface area contributed by atoms with Gasteiger partial charge in [-0.05, 0) is 24.1 Å². The highest BCUT2D eigenvalue weighted by Gasteiger charge is 2.11. The Bertz CT molecular complexity index is 469. The Hall–Kier alpha value is -1.84. The quantitative estimate of drug-likeness (QED) is 0.839. The normalized spacial score (nSPS) is 12.1. The molecule has 1 unspecified atom stereocenters. The van der Waals surface area contributed by atoms with Crippen LogP contribution in [-0.2, 0) is 16.1 Å². The van der Waals surface area contributed by atoms with Gasteiger partial charge in [0.25, 0.3) is 0 Å². The molecule has 0 aromatic heterocycles. The second-order valence-corrected chi connectivity index (χ2v) is 5.37. The van der Waals surface area contributed by atoms with Crippen LogP contribution in [0.25, 0.3) is 0 Å². The van der Waals surface area contributed by atoms with E-state index in [1.54, 1.807) is 0 Å². The first-order valence-electron chi connectivity index (χ1n) is 7.11. The van der Waals surface area contributed by atoms with Crippen molar-refractivity contribution < 1.29 is 9.59 Å². The number of nitrogens with one attached hydrogen (secondary N) is 2. The average molecular weight is 276 g/mol. The minimum Gasteiger partial charge on any atom is -0.352 e. The molecule has 2 amide bonds. The highest BCUT2D eigenvalue weighted by molar-refractivity contribution is 5.92. The van der Waals surface area contributed by atoms with Gasteiger partial charge in [0.05, 0.1) is 0 Å². The molecule has 0 saturated heterocycles. The van der Waals surface area contributed by atoms with Crippen molar-refractivity contribution in [3.05, 3.63) is 29.8 Å². The Morgan fingerprint density at radius 1 is 1.15 bits per heavy atom. The Labute approximate surface area is 121 Å². The van der Waals surface area contributed by atoms with Crippen LogP contribution in [0.1, 0.15) is 39.7 Å². The third-order valence-electron chi connectivity index (χ3n) is 3.25. The molecule has 110 valence electrons. The lowest BCUT2D eigenvalue weighted by Gasteiger charge is -2.12. The predicted molar refractivity (Wildman–Crippen MR) is 81.2 cm³/mol. The largest absolute Gasteiger partial charge is 0.352 e. The van der Waals surface area contributed by atoms with Crippen molar-refractivity contribution in [2.24, 2.45) is 11.8 Å². The fourth-order valence-electron chi connectivity index (χ4n) is 1.60. The van der Waals surface area contributed by atoms with Crippen LogP contribution < -0.4 is 10.6 Å². The van der Waals surface area contributed by atoms with Crippen LogP contribution in [0.3, 0.4) is 0 Å². The highest BCUT2D eigenvalue weighted by atomic mass is 16.2. The standard InChI is InChI=1S/C16H24N2O2/c1-5-12(4)16(20)18-14-8-6-7-13(9-14)10-17-15(19)11(2)3/h6-9,11-12H,5,10H2,1-4H3,(H,17,19)(H,18,20). The lowest BCUT2D eigenvalue weighted by Crippen LogP contribution is -2.27. The smallest absolute Gasteiger partial charge is 0.227 e. The van der Waals surface area contributed by atoms with Crippen molar-refractivity contribution in [3.63, 3.8) is 0 Å². The molecule has 0 saturated carbocycles. The Morgan fingerprint density at radius 2 is 1.85 bits per heavy atom. The lowest BCUT2D eigenvalue weighted by molar-refractivity contribution is -0.124. The molecule has 0 aliphatic carbocycles. The topological polar surface area (TPSA) is 58.2 Å². The van der Waals surface area contributed by atoms with Crippen molar-refractivity contribution in [1.82, 2.24) is 5.32 Å². The van der Waals surface area contributed by atoms with E-state index in [9.17, 15) is 9.59 Å². The predicted octanol–water partition coefficient (Wildman–Crippen LogP) is 2.94. The second-order valence-electron chi connectivity index (χ2n) is 5.37. The van der Waals surface area contributed by atoms with Gasteiger partial charge in [-0.2, -0.15) is 0 Å². The SMILES string of the molecule is CCC(C)C(=O)Nc1cccc(CNC(=O)C(C)C)c1. The average Bonchev–Trinajstić information content (AvgIpc) is 2.43. The van der Waals surface area contributed by atoms with Crippen LogP contribution in [0, 0.1) is 11.8 Å². The zero-order valence-corrected chi connectivity index (χ0v) is 12.7. The molecule has 20 heavy (non-hydrogen) atoms. The van der Waals surface area contributed by atoms with Crippen LogP contribution in [0.4, 0.5) is 5.69 Å². The molecule has 1 atom stereocenters. The number of carbonyl (C=O) groups is 2. The Balaban J connectivity index is 2.62. The molecule has 1 aromatic rings. The summed E-state index contributed by atoms with van der Waals surface area (Å²) in [6, 6.07) is 7.55. The molecule has 0 bridgehead atoms. The van der Waals surface area contributed by atoms with E-state index >= 15 is 0 Å². The first-order valence-corrected chi connectivity index (χ1v) is 7.11. The fourth-order valence-corrected chi connectivity index (χ4v) is 1.60. The van der Waals surface area contributed by atoms with Gasteiger partial charge < -0.3 is 10.6 Å². The molecule has 0 aliphatic rings. The number of anilines is 1. The summed E-state index contributed by atoms with van der Waals surface area (Å²) in [6.45, 7) is 8.09. The molecular weight excluding hydrogens is 252 g/mol. The monoisotopic (exact) mass is 276 g/mol. The summed E-state index contributed by atoms with van der Waals surface area (Å²) in [5, 5.41) is 5.75. The highest BCUT2D eigenvalue weighted by Crippen LogP contribution is 2.13. The molecule has 0 spiro atoms. The number of hydrogen-bond acceptors (Lipinski definition) is 2. The van der Waals surface area contributed by atoms with Gasteiger partial charge >= 0.3 is 0 Å². The maximum atomic E-state index is 11.8. The minimum absolute atomic E-state index is 0.000648. The molecule has 0 radical (unpaired) electrons. The first-order chi connectivity index (χ1) is 9.43. The summed E-state index contributed by atoms with van der Waals surface area (Å²) in [6.07, 6.45) is 0.815. The summed E-state index contributed by atoms with van der Waals surface area (Å²) in [5.41, 5.74) is 1.74. The molecule has 4 heteroatoms. The fraction of sp³-hybridized carbons (Fsp3) is 0.500. The van der Waals surface area contributed by atoms with Gasteiger partial charge in [-0.1, -0.05) is 39.8 Å². The van der Waals surface area contributed by atoms with Gasteiger partial charge in [-0.3, -0.25) is 9.59 Å². The lowest BCUT2D eigenvalue weighted by atomic mass is 10.1. The van der Waals surface area contributed by atoms with E-state index in [2.05, 4.69) is 10.6 Å². The maximum Gasteiger partial charge on any atom is 0.227 e. The van der Waals surface area contributed by atoms with Crippen LogP contribution in [0.5, 0.6) is 0 Å². The van der Waals surface area contributed by atoms with Crippen LogP contribution in [0.15, 0.2) is 24.3 Å². The molecule has 0 aliphatic heterocycles. The third-order valence-corrected chi connectivity index (χ3v) is 3.25. The molecule has 0 fully saturated rings. The van der Waals surface area contributed by atoms with E-state index in [1.165, 1.54) is 0 Å². The maximum absolute atomic E-state index is 11.8.